The molecule has 0 heterocycles. The highest BCUT2D eigenvalue weighted by atomic mass is 19.4. The molecule has 0 aromatic heterocycles. The summed E-state index contributed by atoms with van der Waals surface area (Å²) in [6, 6.07) is 4.98. The maximum absolute atomic E-state index is 12.8. The van der Waals surface area contributed by atoms with E-state index in [0.29, 0.717) is 0 Å². The standard InChI is InChI=1S/C14H15F3O3/c1-19-13(18)10(9-6-7-9)8-20-12-5-3-2-4-11(12)14(15,16)17/h2-5,9-10H,6-8H2,1H3. The fraction of sp³-hybridized carbons (Fsp3) is 0.500. The number of hydrogen-bond acceptors (Lipinski definition) is 3. The molecule has 1 aliphatic rings. The number of esters is 1. The third kappa shape index (κ3) is 3.43. The van der Waals surface area contributed by atoms with E-state index in [0.717, 1.165) is 18.9 Å². The lowest BCUT2D eigenvalue weighted by molar-refractivity contribution is -0.147. The van der Waals surface area contributed by atoms with E-state index in [-0.39, 0.29) is 18.3 Å². The van der Waals surface area contributed by atoms with E-state index in [1.165, 1.54) is 25.3 Å². The summed E-state index contributed by atoms with van der Waals surface area (Å²) in [5.41, 5.74) is -0.834. The minimum absolute atomic E-state index is 0.0928. The monoisotopic (exact) mass is 288 g/mol. The zero-order chi connectivity index (χ0) is 14.8. The van der Waals surface area contributed by atoms with Gasteiger partial charge in [0.1, 0.15) is 12.4 Å². The molecule has 0 aliphatic heterocycles. The summed E-state index contributed by atoms with van der Waals surface area (Å²) in [6.07, 6.45) is -2.72. The van der Waals surface area contributed by atoms with Crippen molar-refractivity contribution in [2.45, 2.75) is 19.0 Å². The minimum Gasteiger partial charge on any atom is -0.492 e. The van der Waals surface area contributed by atoms with Gasteiger partial charge < -0.3 is 9.47 Å². The van der Waals surface area contributed by atoms with Crippen LogP contribution >= 0.6 is 0 Å². The predicted molar refractivity (Wildman–Crippen MR) is 65.2 cm³/mol. The van der Waals surface area contributed by atoms with Crippen molar-refractivity contribution in [1.82, 2.24) is 0 Å². The molecule has 1 aliphatic carbocycles. The topological polar surface area (TPSA) is 35.5 Å². The van der Waals surface area contributed by atoms with Crippen LogP contribution in [0.15, 0.2) is 24.3 Å². The van der Waals surface area contributed by atoms with E-state index in [1.807, 2.05) is 0 Å². The molecule has 0 amide bonds. The molecule has 0 N–H and O–H groups in total. The SMILES string of the molecule is COC(=O)C(COc1ccccc1C(F)(F)F)C1CC1. The molecule has 1 fully saturated rings. The van der Waals surface area contributed by atoms with Gasteiger partial charge in [-0.05, 0) is 30.9 Å². The zero-order valence-corrected chi connectivity index (χ0v) is 10.9. The van der Waals surface area contributed by atoms with Crippen molar-refractivity contribution < 1.29 is 27.4 Å². The smallest absolute Gasteiger partial charge is 0.419 e. The van der Waals surface area contributed by atoms with Crippen LogP contribution in [0.1, 0.15) is 18.4 Å². The van der Waals surface area contributed by atoms with E-state index < -0.39 is 23.6 Å². The lowest BCUT2D eigenvalue weighted by atomic mass is 10.1. The zero-order valence-electron chi connectivity index (χ0n) is 10.9. The fourth-order valence-electron chi connectivity index (χ4n) is 2.05. The second-order valence-corrected chi connectivity index (χ2v) is 4.77. The second-order valence-electron chi connectivity index (χ2n) is 4.77. The first-order valence-corrected chi connectivity index (χ1v) is 6.30. The first kappa shape index (κ1) is 14.7. The number of methoxy groups -OCH3 is 1. The van der Waals surface area contributed by atoms with Crippen LogP contribution in [0.5, 0.6) is 5.75 Å². The summed E-state index contributed by atoms with van der Waals surface area (Å²) in [5.74, 6) is -1.03. The number of carbonyl (C=O) groups is 1. The van der Waals surface area contributed by atoms with Crippen molar-refractivity contribution >= 4 is 5.97 Å². The maximum atomic E-state index is 12.8. The highest BCUT2D eigenvalue weighted by Crippen LogP contribution is 2.39. The Hall–Kier alpha value is -1.72. The van der Waals surface area contributed by atoms with E-state index in [1.54, 1.807) is 0 Å². The Balaban J connectivity index is 2.08. The first-order chi connectivity index (χ1) is 9.43. The third-order valence-corrected chi connectivity index (χ3v) is 3.31. The number of rotatable bonds is 5. The molecule has 0 spiro atoms. The number of halogens is 3. The van der Waals surface area contributed by atoms with Gasteiger partial charge >= 0.3 is 12.1 Å². The highest BCUT2D eigenvalue weighted by Gasteiger charge is 2.39. The maximum Gasteiger partial charge on any atom is 0.419 e. The van der Waals surface area contributed by atoms with E-state index in [2.05, 4.69) is 4.74 Å². The van der Waals surface area contributed by atoms with Crippen molar-refractivity contribution in [1.29, 1.82) is 0 Å². The molecule has 1 aromatic carbocycles. The molecular formula is C14H15F3O3. The van der Waals surface area contributed by atoms with Crippen molar-refractivity contribution in [3.63, 3.8) is 0 Å². The molecule has 3 nitrogen and oxygen atoms in total. The van der Waals surface area contributed by atoms with Gasteiger partial charge in [-0.1, -0.05) is 12.1 Å². The Bertz CT molecular complexity index is 481. The molecule has 1 saturated carbocycles. The number of hydrogen-bond donors (Lipinski definition) is 0. The normalized spacial score (nSPS) is 16.6. The third-order valence-electron chi connectivity index (χ3n) is 3.31. The van der Waals surface area contributed by atoms with Crippen molar-refractivity contribution in [3.05, 3.63) is 29.8 Å². The first-order valence-electron chi connectivity index (χ1n) is 6.30. The van der Waals surface area contributed by atoms with Crippen LogP contribution in [0.4, 0.5) is 13.2 Å². The second kappa shape index (κ2) is 5.73. The van der Waals surface area contributed by atoms with Crippen LogP contribution < -0.4 is 4.74 Å². The van der Waals surface area contributed by atoms with Gasteiger partial charge in [-0.3, -0.25) is 4.79 Å². The van der Waals surface area contributed by atoms with Crippen LogP contribution in [-0.4, -0.2) is 19.7 Å². The summed E-state index contributed by atoms with van der Waals surface area (Å²) < 4.78 is 48.3. The molecule has 20 heavy (non-hydrogen) atoms. The van der Waals surface area contributed by atoms with Crippen LogP contribution in [0.3, 0.4) is 0 Å². The Morgan fingerprint density at radius 1 is 1.35 bits per heavy atom. The summed E-state index contributed by atoms with van der Waals surface area (Å²) in [4.78, 5) is 11.6. The molecule has 1 unspecified atom stereocenters. The molecule has 1 atom stereocenters. The summed E-state index contributed by atoms with van der Waals surface area (Å²) >= 11 is 0. The molecular weight excluding hydrogens is 273 g/mol. The fourth-order valence-corrected chi connectivity index (χ4v) is 2.05. The van der Waals surface area contributed by atoms with Crippen LogP contribution in [-0.2, 0) is 15.7 Å². The van der Waals surface area contributed by atoms with Gasteiger partial charge in [-0.2, -0.15) is 13.2 Å². The van der Waals surface area contributed by atoms with Gasteiger partial charge in [0.2, 0.25) is 0 Å². The van der Waals surface area contributed by atoms with Crippen molar-refractivity contribution in [2.75, 3.05) is 13.7 Å². The Morgan fingerprint density at radius 3 is 2.55 bits per heavy atom. The van der Waals surface area contributed by atoms with E-state index in [4.69, 9.17) is 4.74 Å². The number of alkyl halides is 3. The van der Waals surface area contributed by atoms with Gasteiger partial charge in [0, 0.05) is 0 Å². The Morgan fingerprint density at radius 2 is 2.00 bits per heavy atom. The van der Waals surface area contributed by atoms with Crippen molar-refractivity contribution in [3.8, 4) is 5.75 Å². The molecule has 0 bridgehead atoms. The molecule has 0 radical (unpaired) electrons. The van der Waals surface area contributed by atoms with Gasteiger partial charge in [0.15, 0.2) is 0 Å². The number of ether oxygens (including phenoxy) is 2. The van der Waals surface area contributed by atoms with Crippen LogP contribution in [0.2, 0.25) is 0 Å². The molecule has 110 valence electrons. The van der Waals surface area contributed by atoms with Gasteiger partial charge in [-0.15, -0.1) is 0 Å². The highest BCUT2D eigenvalue weighted by molar-refractivity contribution is 5.73. The number of para-hydroxylation sites is 1. The van der Waals surface area contributed by atoms with E-state index >= 15 is 0 Å². The Kier molecular flexibility index (Phi) is 4.20. The summed E-state index contributed by atoms with van der Waals surface area (Å²) in [7, 11) is 1.27. The molecule has 0 saturated heterocycles. The quantitative estimate of drug-likeness (QED) is 0.780. The molecule has 2 rings (SSSR count). The van der Waals surface area contributed by atoms with Crippen LogP contribution in [0.25, 0.3) is 0 Å². The number of benzene rings is 1. The van der Waals surface area contributed by atoms with Gasteiger partial charge in [0.05, 0.1) is 18.6 Å². The van der Waals surface area contributed by atoms with Crippen molar-refractivity contribution in [2.24, 2.45) is 11.8 Å². The lowest BCUT2D eigenvalue weighted by Crippen LogP contribution is -2.25. The van der Waals surface area contributed by atoms with Crippen LogP contribution in [0, 0.1) is 11.8 Å². The van der Waals surface area contributed by atoms with Gasteiger partial charge in [-0.25, -0.2) is 0 Å². The number of carbonyl (C=O) groups excluding carboxylic acids is 1. The summed E-state index contributed by atoms with van der Waals surface area (Å²) in [6.45, 7) is -0.0928. The average Bonchev–Trinajstić information content (AvgIpc) is 3.22. The Labute approximate surface area is 114 Å². The van der Waals surface area contributed by atoms with Gasteiger partial charge in [0.25, 0.3) is 0 Å². The van der Waals surface area contributed by atoms with E-state index in [9.17, 15) is 18.0 Å². The lowest BCUT2D eigenvalue weighted by Gasteiger charge is -2.17. The largest absolute Gasteiger partial charge is 0.492 e. The molecule has 6 heteroatoms. The minimum atomic E-state index is -4.48. The predicted octanol–water partition coefficient (Wildman–Crippen LogP) is 3.28. The summed E-state index contributed by atoms with van der Waals surface area (Å²) in [5, 5.41) is 0. The molecule has 1 aromatic rings. The average molecular weight is 288 g/mol.